The molecule has 5 aromatic rings. The molecule has 0 fully saturated rings. The van der Waals surface area contributed by atoms with Crippen LogP contribution in [-0.4, -0.2) is 34.7 Å². The van der Waals surface area contributed by atoms with Crippen LogP contribution in [0.2, 0.25) is 0 Å². The average molecular weight is 431 g/mol. The van der Waals surface area contributed by atoms with Crippen LogP contribution in [-0.2, 0) is 0 Å². The molecule has 5 aromatic heterocycles. The number of H-pyrrole nitrogens is 1. The number of rotatable bonds is 6. The first-order valence-corrected chi connectivity index (χ1v) is 10.7. The summed E-state index contributed by atoms with van der Waals surface area (Å²) in [5.74, 6) is 0. The lowest BCUT2D eigenvalue weighted by molar-refractivity contribution is 0.530. The molecule has 0 aromatic carbocycles. The smallest absolute Gasteiger partial charge is 0.154 e. The Morgan fingerprint density at radius 1 is 1.23 bits per heavy atom. The third kappa shape index (κ3) is 3.56. The van der Waals surface area contributed by atoms with Gasteiger partial charge in [-0.3, -0.25) is 9.67 Å². The lowest BCUT2D eigenvalue weighted by atomic mass is 10.1. The molecule has 0 saturated carbocycles. The first kappa shape index (κ1) is 18.5. The Morgan fingerprint density at radius 2 is 2.20 bits per heavy atom. The van der Waals surface area contributed by atoms with Gasteiger partial charge in [0.05, 0.1) is 30.4 Å². The summed E-state index contributed by atoms with van der Waals surface area (Å²) >= 11 is 3.14. The van der Waals surface area contributed by atoms with Gasteiger partial charge >= 0.3 is 0 Å². The maximum atomic E-state index is 9.42. The summed E-state index contributed by atoms with van der Waals surface area (Å²) in [7, 11) is 0. The monoisotopic (exact) mass is 430 g/mol. The highest BCUT2D eigenvalue weighted by atomic mass is 32.2. The van der Waals surface area contributed by atoms with Crippen molar-refractivity contribution in [3.05, 3.63) is 66.6 Å². The van der Waals surface area contributed by atoms with Gasteiger partial charge in [0.1, 0.15) is 12.0 Å². The molecule has 1 unspecified atom stereocenters. The van der Waals surface area contributed by atoms with Crippen LogP contribution in [0.3, 0.4) is 0 Å². The number of hydrogen-bond acceptors (Lipinski definition) is 8. The topological polar surface area (TPSA) is 109 Å². The van der Waals surface area contributed by atoms with Gasteiger partial charge in [0.2, 0.25) is 0 Å². The van der Waals surface area contributed by atoms with Gasteiger partial charge in [-0.2, -0.15) is 10.4 Å². The Morgan fingerprint density at radius 3 is 3.07 bits per heavy atom. The summed E-state index contributed by atoms with van der Waals surface area (Å²) in [6, 6.07) is 6.00. The Kier molecular flexibility index (Phi) is 4.96. The fraction of sp³-hybridized carbons (Fsp3) is 0.100. The van der Waals surface area contributed by atoms with Crippen molar-refractivity contribution < 1.29 is 0 Å². The molecule has 8 nitrogen and oxygen atoms in total. The fourth-order valence-corrected chi connectivity index (χ4v) is 4.85. The van der Waals surface area contributed by atoms with Crippen LogP contribution in [0.15, 0.2) is 70.3 Å². The number of nitrogens with one attached hydrogen (secondary N) is 1. The molecule has 5 heterocycles. The van der Waals surface area contributed by atoms with Crippen LogP contribution in [0.5, 0.6) is 0 Å². The van der Waals surface area contributed by atoms with Gasteiger partial charge < -0.3 is 4.98 Å². The maximum Gasteiger partial charge on any atom is 0.154 e. The molecule has 10 heteroatoms. The van der Waals surface area contributed by atoms with E-state index in [1.165, 1.54) is 6.33 Å². The van der Waals surface area contributed by atoms with Crippen LogP contribution in [0.1, 0.15) is 18.0 Å². The highest BCUT2D eigenvalue weighted by Gasteiger charge is 2.18. The normalized spacial score (nSPS) is 12.1. The van der Waals surface area contributed by atoms with Gasteiger partial charge in [-0.05, 0) is 17.7 Å². The summed E-state index contributed by atoms with van der Waals surface area (Å²) in [4.78, 5) is 21.4. The molecule has 0 radical (unpaired) electrons. The van der Waals surface area contributed by atoms with Gasteiger partial charge in [-0.25, -0.2) is 15.0 Å². The fourth-order valence-electron chi connectivity index (χ4n) is 3.22. The van der Waals surface area contributed by atoms with Gasteiger partial charge in [0, 0.05) is 52.2 Å². The van der Waals surface area contributed by atoms with Gasteiger partial charge in [0.25, 0.3) is 0 Å². The number of fused-ring (bicyclic) bond motifs is 1. The number of aromatic nitrogens is 7. The van der Waals surface area contributed by atoms with Crippen molar-refractivity contribution in [2.24, 2.45) is 0 Å². The molecule has 146 valence electrons. The number of aromatic amines is 1. The lowest BCUT2D eigenvalue weighted by Crippen LogP contribution is -2.11. The summed E-state index contributed by atoms with van der Waals surface area (Å²) in [5.41, 5.74) is 3.36. The predicted octanol–water partition coefficient (Wildman–Crippen LogP) is 4.33. The minimum atomic E-state index is -0.253. The molecule has 0 aliphatic carbocycles. The molecule has 5 rings (SSSR count). The van der Waals surface area contributed by atoms with E-state index in [-0.39, 0.29) is 12.5 Å². The number of hydrogen-bond donors (Lipinski definition) is 1. The summed E-state index contributed by atoms with van der Waals surface area (Å²) in [5, 5.41) is 16.8. The summed E-state index contributed by atoms with van der Waals surface area (Å²) < 4.78 is 2.75. The number of thiazole rings is 1. The quantitative estimate of drug-likeness (QED) is 0.427. The number of pyridine rings is 1. The molecular formula is C20H14N8S2. The van der Waals surface area contributed by atoms with Crippen LogP contribution in [0, 0.1) is 11.3 Å². The Labute approximate surface area is 179 Å². The Balaban J connectivity index is 1.49. The second kappa shape index (κ2) is 8.06. The van der Waals surface area contributed by atoms with Crippen LogP contribution >= 0.6 is 23.1 Å². The number of nitriles is 1. The molecule has 0 spiro atoms. The molecule has 1 atom stereocenters. The third-order valence-electron chi connectivity index (χ3n) is 4.57. The van der Waals surface area contributed by atoms with Gasteiger partial charge in [0.15, 0.2) is 4.34 Å². The number of nitrogens with zero attached hydrogens (tertiary/aromatic N) is 7. The molecule has 30 heavy (non-hydrogen) atoms. The largest absolute Gasteiger partial charge is 0.346 e. The van der Waals surface area contributed by atoms with Crippen molar-refractivity contribution in [3.8, 4) is 17.3 Å². The van der Waals surface area contributed by atoms with E-state index in [4.69, 9.17) is 0 Å². The highest BCUT2D eigenvalue weighted by Crippen LogP contribution is 2.32. The zero-order chi connectivity index (χ0) is 20.3. The first-order chi connectivity index (χ1) is 14.8. The average Bonchev–Trinajstić information content (AvgIpc) is 3.53. The van der Waals surface area contributed by atoms with Crippen molar-refractivity contribution >= 4 is 34.1 Å². The molecule has 1 N–H and O–H groups in total. The minimum absolute atomic E-state index is 0.253. The van der Waals surface area contributed by atoms with Crippen molar-refractivity contribution in [3.63, 3.8) is 0 Å². The van der Waals surface area contributed by atoms with E-state index in [2.05, 4.69) is 36.1 Å². The van der Waals surface area contributed by atoms with Crippen LogP contribution in [0.4, 0.5) is 0 Å². The van der Waals surface area contributed by atoms with E-state index in [9.17, 15) is 5.26 Å². The zero-order valence-corrected chi connectivity index (χ0v) is 17.1. The summed E-state index contributed by atoms with van der Waals surface area (Å²) in [6.07, 6.45) is 12.7. The zero-order valence-electron chi connectivity index (χ0n) is 15.5. The maximum absolute atomic E-state index is 9.42. The van der Waals surface area contributed by atoms with Crippen LogP contribution in [0.25, 0.3) is 22.3 Å². The van der Waals surface area contributed by atoms with Gasteiger partial charge in [-0.15, -0.1) is 11.3 Å². The third-order valence-corrected chi connectivity index (χ3v) is 6.41. The van der Waals surface area contributed by atoms with E-state index in [0.717, 1.165) is 37.1 Å². The second-order valence-corrected chi connectivity index (χ2v) is 8.62. The van der Waals surface area contributed by atoms with Gasteiger partial charge in [-0.1, -0.05) is 11.8 Å². The highest BCUT2D eigenvalue weighted by molar-refractivity contribution is 8.01. The molecule has 0 aliphatic heterocycles. The van der Waals surface area contributed by atoms with Crippen molar-refractivity contribution in [2.75, 3.05) is 0 Å². The molecule has 0 saturated heterocycles. The molecule has 0 bridgehead atoms. The molecule has 0 aliphatic rings. The summed E-state index contributed by atoms with van der Waals surface area (Å²) in [6.45, 7) is 0. The Bertz CT molecular complexity index is 1330. The van der Waals surface area contributed by atoms with E-state index < -0.39 is 0 Å². The van der Waals surface area contributed by atoms with E-state index in [1.54, 1.807) is 52.6 Å². The van der Waals surface area contributed by atoms with Crippen molar-refractivity contribution in [1.82, 2.24) is 34.7 Å². The van der Waals surface area contributed by atoms with E-state index in [1.807, 2.05) is 29.9 Å². The lowest BCUT2D eigenvalue weighted by Gasteiger charge is -2.15. The Hall–Kier alpha value is -3.55. The predicted molar refractivity (Wildman–Crippen MR) is 114 cm³/mol. The second-order valence-electron chi connectivity index (χ2n) is 6.40. The van der Waals surface area contributed by atoms with Crippen LogP contribution < -0.4 is 0 Å². The van der Waals surface area contributed by atoms with Crippen molar-refractivity contribution in [2.45, 2.75) is 21.7 Å². The standard InChI is InChI=1S/C20H14N8S2/c21-3-1-17(13-7-15(10-22-8-13)30-20-24-5-6-29-20)28-11-14(9-27-28)18-16-2-4-23-19(16)26-12-25-18/h2,4-12,17H,1H2,(H,23,25,26). The molecule has 0 amide bonds. The van der Waals surface area contributed by atoms with Crippen molar-refractivity contribution in [1.29, 1.82) is 5.26 Å². The molecular weight excluding hydrogens is 416 g/mol. The van der Waals surface area contributed by atoms with E-state index in [0.29, 0.717) is 0 Å². The SMILES string of the molecule is N#CCC(c1cncc(Sc2nccs2)c1)n1cc(-c2ncnc3[nH]ccc23)cn1. The first-order valence-electron chi connectivity index (χ1n) is 9.03. The van der Waals surface area contributed by atoms with E-state index >= 15 is 0 Å². The minimum Gasteiger partial charge on any atom is -0.346 e.